The number of hydrogen-bond donors (Lipinski definition) is 1. The molecule has 1 amide bonds. The second kappa shape index (κ2) is 8.35. The zero-order chi connectivity index (χ0) is 16.8. The van der Waals surface area contributed by atoms with Gasteiger partial charge in [0.25, 0.3) is 5.91 Å². The standard InChI is InChI=1S/C17H20ClN3O2S/c18-14-3-5-15(6-4-14)23-12-16(22)20-10-13-2-1-8-21(11-13)17-19-7-9-24-17/h3-7,9,13H,1-2,8,10-12H2,(H,20,22)/t13-/m0/s1. The number of carbonyl (C=O) groups is 1. The first-order valence-electron chi connectivity index (χ1n) is 8.00. The van der Waals surface area contributed by atoms with E-state index in [4.69, 9.17) is 16.3 Å². The van der Waals surface area contributed by atoms with E-state index < -0.39 is 0 Å². The lowest BCUT2D eigenvalue weighted by Crippen LogP contribution is -2.41. The first-order chi connectivity index (χ1) is 11.7. The van der Waals surface area contributed by atoms with Crippen molar-refractivity contribution in [3.05, 3.63) is 40.9 Å². The topological polar surface area (TPSA) is 54.5 Å². The minimum atomic E-state index is -0.101. The van der Waals surface area contributed by atoms with Crippen LogP contribution in [0.4, 0.5) is 5.13 Å². The Morgan fingerprint density at radius 1 is 1.42 bits per heavy atom. The Bertz CT molecular complexity index is 648. The molecule has 1 aliphatic heterocycles. The number of ether oxygens (including phenoxy) is 1. The molecule has 24 heavy (non-hydrogen) atoms. The van der Waals surface area contributed by atoms with Crippen LogP contribution in [0.15, 0.2) is 35.8 Å². The molecule has 1 atom stereocenters. The van der Waals surface area contributed by atoms with Crippen molar-refractivity contribution in [3.63, 3.8) is 0 Å². The fraction of sp³-hybridized carbons (Fsp3) is 0.412. The lowest BCUT2D eigenvalue weighted by atomic mass is 9.98. The number of aromatic nitrogens is 1. The summed E-state index contributed by atoms with van der Waals surface area (Å²) in [5.74, 6) is 0.987. The van der Waals surface area contributed by atoms with Crippen LogP contribution >= 0.6 is 22.9 Å². The lowest BCUT2D eigenvalue weighted by Gasteiger charge is -2.32. The first-order valence-corrected chi connectivity index (χ1v) is 9.26. The van der Waals surface area contributed by atoms with Gasteiger partial charge in [0.2, 0.25) is 0 Å². The van der Waals surface area contributed by atoms with Crippen molar-refractivity contribution < 1.29 is 9.53 Å². The van der Waals surface area contributed by atoms with Crippen LogP contribution in [0.3, 0.4) is 0 Å². The summed E-state index contributed by atoms with van der Waals surface area (Å²) in [6.07, 6.45) is 4.08. The van der Waals surface area contributed by atoms with Crippen molar-refractivity contribution in [2.75, 3.05) is 31.1 Å². The molecule has 2 heterocycles. The summed E-state index contributed by atoms with van der Waals surface area (Å²) >= 11 is 7.48. The highest BCUT2D eigenvalue weighted by molar-refractivity contribution is 7.13. The average molecular weight is 366 g/mol. The van der Waals surface area contributed by atoms with Gasteiger partial charge in [0.15, 0.2) is 11.7 Å². The largest absolute Gasteiger partial charge is 0.484 e. The second-order valence-corrected chi connectivity index (χ2v) is 7.13. The molecule has 128 valence electrons. The smallest absolute Gasteiger partial charge is 0.257 e. The highest BCUT2D eigenvalue weighted by Crippen LogP contribution is 2.24. The lowest BCUT2D eigenvalue weighted by molar-refractivity contribution is -0.123. The van der Waals surface area contributed by atoms with Crippen LogP contribution in [0.5, 0.6) is 5.75 Å². The minimum absolute atomic E-state index is 0.0184. The fourth-order valence-electron chi connectivity index (χ4n) is 2.77. The predicted octanol–water partition coefficient (Wildman–Crippen LogP) is 3.21. The summed E-state index contributed by atoms with van der Waals surface area (Å²) in [4.78, 5) is 18.6. The summed E-state index contributed by atoms with van der Waals surface area (Å²) in [6.45, 7) is 2.67. The Balaban J connectivity index is 1.40. The summed E-state index contributed by atoms with van der Waals surface area (Å²) in [7, 11) is 0. The van der Waals surface area contributed by atoms with Crippen molar-refractivity contribution in [1.29, 1.82) is 0 Å². The molecule has 0 saturated carbocycles. The maximum absolute atomic E-state index is 12.0. The Morgan fingerprint density at radius 3 is 3.00 bits per heavy atom. The molecular formula is C17H20ClN3O2S. The zero-order valence-corrected chi connectivity index (χ0v) is 14.9. The molecule has 1 saturated heterocycles. The molecule has 0 bridgehead atoms. The van der Waals surface area contributed by atoms with Crippen molar-refractivity contribution in [2.45, 2.75) is 12.8 Å². The van der Waals surface area contributed by atoms with E-state index in [2.05, 4.69) is 15.2 Å². The maximum atomic E-state index is 12.0. The summed E-state index contributed by atoms with van der Waals surface area (Å²) in [5.41, 5.74) is 0. The van der Waals surface area contributed by atoms with Gasteiger partial charge in [-0.2, -0.15) is 0 Å². The van der Waals surface area contributed by atoms with Crippen molar-refractivity contribution >= 4 is 34.0 Å². The van der Waals surface area contributed by atoms with Crippen LogP contribution in [0.2, 0.25) is 5.02 Å². The van der Waals surface area contributed by atoms with Gasteiger partial charge in [-0.15, -0.1) is 11.3 Å². The number of amides is 1. The highest BCUT2D eigenvalue weighted by atomic mass is 35.5. The number of nitrogens with one attached hydrogen (secondary N) is 1. The minimum Gasteiger partial charge on any atom is -0.484 e. The molecule has 1 aromatic carbocycles. The third kappa shape index (κ3) is 4.85. The molecule has 3 rings (SSSR count). The van der Waals surface area contributed by atoms with Crippen LogP contribution in [-0.2, 0) is 4.79 Å². The number of piperidine rings is 1. The summed E-state index contributed by atoms with van der Waals surface area (Å²) in [5, 5.41) is 6.67. The van der Waals surface area contributed by atoms with E-state index in [-0.39, 0.29) is 12.5 Å². The van der Waals surface area contributed by atoms with Gasteiger partial charge in [-0.05, 0) is 43.0 Å². The second-order valence-electron chi connectivity index (χ2n) is 5.82. The first kappa shape index (κ1) is 17.0. The van der Waals surface area contributed by atoms with Gasteiger partial charge < -0.3 is 15.0 Å². The average Bonchev–Trinajstić information content (AvgIpc) is 3.14. The SMILES string of the molecule is O=C(COc1ccc(Cl)cc1)NC[C@@H]1CCCN(c2nccs2)C1. The Morgan fingerprint density at radius 2 is 2.25 bits per heavy atom. The van der Waals surface area contributed by atoms with E-state index in [9.17, 15) is 4.79 Å². The quantitative estimate of drug-likeness (QED) is 0.854. The molecule has 7 heteroatoms. The number of rotatable bonds is 6. The van der Waals surface area contributed by atoms with Crippen molar-refractivity contribution in [1.82, 2.24) is 10.3 Å². The van der Waals surface area contributed by atoms with Crippen molar-refractivity contribution in [2.24, 2.45) is 5.92 Å². The van der Waals surface area contributed by atoms with Crippen LogP contribution < -0.4 is 15.0 Å². The number of anilines is 1. The maximum Gasteiger partial charge on any atom is 0.257 e. The van der Waals surface area contributed by atoms with Crippen LogP contribution in [0.25, 0.3) is 0 Å². The summed E-state index contributed by atoms with van der Waals surface area (Å²) in [6, 6.07) is 6.99. The van der Waals surface area contributed by atoms with E-state index in [0.717, 1.165) is 31.1 Å². The highest BCUT2D eigenvalue weighted by Gasteiger charge is 2.21. The fourth-order valence-corrected chi connectivity index (χ4v) is 3.57. The van der Waals surface area contributed by atoms with Gasteiger partial charge in [0.1, 0.15) is 5.75 Å². The number of thiazole rings is 1. The van der Waals surface area contributed by atoms with E-state index in [1.807, 2.05) is 11.6 Å². The molecule has 1 aliphatic rings. The third-order valence-corrected chi connectivity index (χ3v) is 5.06. The molecule has 2 aromatic rings. The number of benzene rings is 1. The molecule has 5 nitrogen and oxygen atoms in total. The molecule has 1 fully saturated rings. The number of hydrogen-bond acceptors (Lipinski definition) is 5. The third-order valence-electron chi connectivity index (χ3n) is 3.98. The van der Waals surface area contributed by atoms with Gasteiger partial charge in [0, 0.05) is 36.2 Å². The predicted molar refractivity (Wildman–Crippen MR) is 97.0 cm³/mol. The van der Waals surface area contributed by atoms with E-state index >= 15 is 0 Å². The van der Waals surface area contributed by atoms with E-state index in [1.54, 1.807) is 35.6 Å². The monoisotopic (exact) mass is 365 g/mol. The summed E-state index contributed by atoms with van der Waals surface area (Å²) < 4.78 is 5.45. The number of halogens is 1. The molecule has 0 radical (unpaired) electrons. The van der Waals surface area contributed by atoms with Gasteiger partial charge >= 0.3 is 0 Å². The molecule has 0 spiro atoms. The molecule has 1 aromatic heterocycles. The Labute approximate surface area is 150 Å². The molecule has 1 N–H and O–H groups in total. The van der Waals surface area contributed by atoms with Crippen LogP contribution in [-0.4, -0.2) is 37.1 Å². The molecular weight excluding hydrogens is 346 g/mol. The zero-order valence-electron chi connectivity index (χ0n) is 13.3. The Hall–Kier alpha value is -1.79. The van der Waals surface area contributed by atoms with E-state index in [0.29, 0.717) is 23.2 Å². The molecule has 0 aliphatic carbocycles. The van der Waals surface area contributed by atoms with Gasteiger partial charge in [-0.1, -0.05) is 11.6 Å². The van der Waals surface area contributed by atoms with Gasteiger partial charge in [-0.25, -0.2) is 4.98 Å². The normalized spacial score (nSPS) is 17.5. The van der Waals surface area contributed by atoms with Crippen LogP contribution in [0, 0.1) is 5.92 Å². The Kier molecular flexibility index (Phi) is 5.93. The van der Waals surface area contributed by atoms with E-state index in [1.165, 1.54) is 0 Å². The number of carbonyl (C=O) groups excluding carboxylic acids is 1. The van der Waals surface area contributed by atoms with Gasteiger partial charge in [0.05, 0.1) is 0 Å². The molecule has 0 unspecified atom stereocenters. The van der Waals surface area contributed by atoms with Gasteiger partial charge in [-0.3, -0.25) is 4.79 Å². The van der Waals surface area contributed by atoms with Crippen LogP contribution in [0.1, 0.15) is 12.8 Å². The van der Waals surface area contributed by atoms with Crippen molar-refractivity contribution in [3.8, 4) is 5.75 Å². The number of nitrogens with zero attached hydrogens (tertiary/aromatic N) is 2.